The van der Waals surface area contributed by atoms with E-state index in [1.54, 1.807) is 18.2 Å². The van der Waals surface area contributed by atoms with Crippen molar-refractivity contribution in [3.63, 3.8) is 0 Å². The van der Waals surface area contributed by atoms with Crippen LogP contribution in [0, 0.1) is 0 Å². The van der Waals surface area contributed by atoms with E-state index in [1.807, 2.05) is 63.6 Å². The van der Waals surface area contributed by atoms with Gasteiger partial charge in [0.15, 0.2) is 5.03 Å². The number of sulfone groups is 1. The molecule has 33 heavy (non-hydrogen) atoms. The van der Waals surface area contributed by atoms with Gasteiger partial charge in [-0.1, -0.05) is 89.7 Å². The highest BCUT2D eigenvalue weighted by Gasteiger charge is 2.29. The van der Waals surface area contributed by atoms with Crippen LogP contribution in [0.4, 0.5) is 0 Å². The smallest absolute Gasteiger partial charge is 0.227 e. The predicted octanol–water partition coefficient (Wildman–Crippen LogP) is 7.73. The van der Waals surface area contributed by atoms with Crippen LogP contribution in [0.15, 0.2) is 92.8 Å². The quantitative estimate of drug-likeness (QED) is 0.292. The molecule has 176 valence electrons. The van der Waals surface area contributed by atoms with E-state index in [2.05, 4.69) is 43.1 Å². The maximum absolute atomic E-state index is 13.5. The molecule has 0 radical (unpaired) electrons. The number of aromatic nitrogens is 2. The summed E-state index contributed by atoms with van der Waals surface area (Å²) in [5, 5.41) is 1.46. The van der Waals surface area contributed by atoms with Gasteiger partial charge in [0.05, 0.1) is 5.03 Å². The Kier molecular flexibility index (Phi) is 9.74. The number of benzene rings is 2. The highest BCUT2D eigenvalue weighted by molar-refractivity contribution is 8.00. The summed E-state index contributed by atoms with van der Waals surface area (Å²) < 4.78 is 29.0. The number of nitrogens with zero attached hydrogens (tertiary/aromatic N) is 2. The number of pyridine rings is 1. The molecule has 2 heterocycles. The van der Waals surface area contributed by atoms with E-state index in [4.69, 9.17) is 0 Å². The average Bonchev–Trinajstić information content (AvgIpc) is 3.14. The molecule has 2 aromatic heterocycles. The Labute approximate surface area is 203 Å². The summed E-state index contributed by atoms with van der Waals surface area (Å²) in [7, 11) is -1.86. The topological polar surface area (TPSA) is 52.0 Å². The van der Waals surface area contributed by atoms with Crippen LogP contribution in [0.25, 0.3) is 10.9 Å². The fourth-order valence-electron chi connectivity index (χ4n) is 3.35. The maximum Gasteiger partial charge on any atom is 0.227 e. The van der Waals surface area contributed by atoms with Gasteiger partial charge in [-0.25, -0.2) is 13.4 Å². The van der Waals surface area contributed by atoms with Gasteiger partial charge in [-0.15, -0.1) is 0 Å². The first-order valence-electron chi connectivity index (χ1n) is 11.4. The van der Waals surface area contributed by atoms with Gasteiger partial charge in [0.1, 0.15) is 4.90 Å². The fourth-order valence-corrected chi connectivity index (χ4v) is 6.24. The SMILES string of the molecule is CC.CC.CC(C)c1ccc(Sc2c(S(=O)(=O)c3ccccn3)c3ccccc3n2C)cc1. The second-order valence-corrected chi connectivity index (χ2v) is 10.1. The lowest BCUT2D eigenvalue weighted by Crippen LogP contribution is -2.05. The summed E-state index contributed by atoms with van der Waals surface area (Å²) in [6.07, 6.45) is 1.51. The fraction of sp³-hybridized carbons (Fsp3) is 0.296. The second-order valence-electron chi connectivity index (χ2n) is 7.21. The van der Waals surface area contributed by atoms with Gasteiger partial charge >= 0.3 is 0 Å². The zero-order valence-corrected chi connectivity index (χ0v) is 22.2. The molecule has 0 saturated carbocycles. The number of hydrogen-bond donors (Lipinski definition) is 0. The van der Waals surface area contributed by atoms with Crippen LogP contribution in [0.2, 0.25) is 0 Å². The molecular weight excluding hydrogens is 448 g/mol. The molecule has 0 bridgehead atoms. The lowest BCUT2D eigenvalue weighted by Gasteiger charge is -2.10. The maximum atomic E-state index is 13.5. The highest BCUT2D eigenvalue weighted by Crippen LogP contribution is 2.41. The van der Waals surface area contributed by atoms with E-state index in [-0.39, 0.29) is 5.03 Å². The summed E-state index contributed by atoms with van der Waals surface area (Å²) in [5.41, 5.74) is 2.14. The van der Waals surface area contributed by atoms with Gasteiger partial charge in [0, 0.05) is 29.0 Å². The van der Waals surface area contributed by atoms with Gasteiger partial charge in [-0.05, 0) is 41.8 Å². The van der Waals surface area contributed by atoms with E-state index in [9.17, 15) is 8.42 Å². The summed E-state index contributed by atoms with van der Waals surface area (Å²) >= 11 is 1.46. The van der Waals surface area contributed by atoms with Crippen molar-refractivity contribution in [3.05, 3.63) is 78.5 Å². The van der Waals surface area contributed by atoms with E-state index in [0.717, 1.165) is 10.4 Å². The molecule has 0 spiro atoms. The first kappa shape index (κ1) is 26.7. The minimum atomic E-state index is -3.77. The molecule has 4 aromatic rings. The molecule has 0 unspecified atom stereocenters. The Morgan fingerprint density at radius 3 is 2.03 bits per heavy atom. The highest BCUT2D eigenvalue weighted by atomic mass is 32.2. The zero-order chi connectivity index (χ0) is 24.6. The third-order valence-electron chi connectivity index (χ3n) is 4.95. The van der Waals surface area contributed by atoms with E-state index in [0.29, 0.717) is 21.2 Å². The second kappa shape index (κ2) is 12.1. The first-order chi connectivity index (χ1) is 15.9. The van der Waals surface area contributed by atoms with Crippen molar-refractivity contribution in [2.75, 3.05) is 0 Å². The Morgan fingerprint density at radius 2 is 1.45 bits per heavy atom. The van der Waals surface area contributed by atoms with Crippen molar-refractivity contribution in [1.29, 1.82) is 0 Å². The molecule has 0 atom stereocenters. The molecule has 0 amide bonds. The number of aryl methyl sites for hydroxylation is 1. The molecule has 0 N–H and O–H groups in total. The Hall–Kier alpha value is -2.57. The molecule has 4 nitrogen and oxygen atoms in total. The van der Waals surface area contributed by atoms with Gasteiger partial charge in [-0.3, -0.25) is 0 Å². The monoisotopic (exact) mass is 482 g/mol. The molecule has 0 aliphatic carbocycles. The number of fused-ring (bicyclic) bond motifs is 1. The molecule has 2 aromatic carbocycles. The molecule has 0 saturated heterocycles. The first-order valence-corrected chi connectivity index (χ1v) is 13.7. The van der Waals surface area contributed by atoms with Gasteiger partial charge in [-0.2, -0.15) is 0 Å². The van der Waals surface area contributed by atoms with E-state index in [1.165, 1.54) is 23.5 Å². The van der Waals surface area contributed by atoms with Crippen molar-refractivity contribution in [1.82, 2.24) is 9.55 Å². The van der Waals surface area contributed by atoms with Crippen LogP contribution in [0.5, 0.6) is 0 Å². The molecular formula is C27H34N2O2S2. The van der Waals surface area contributed by atoms with Gasteiger partial charge in [0.25, 0.3) is 0 Å². The van der Waals surface area contributed by atoms with Crippen molar-refractivity contribution in [2.24, 2.45) is 7.05 Å². The van der Waals surface area contributed by atoms with Crippen molar-refractivity contribution < 1.29 is 8.42 Å². The Morgan fingerprint density at radius 1 is 0.848 bits per heavy atom. The third-order valence-corrected chi connectivity index (χ3v) is 8.00. The predicted molar refractivity (Wildman–Crippen MR) is 140 cm³/mol. The summed E-state index contributed by atoms with van der Waals surface area (Å²) in [6.45, 7) is 12.3. The van der Waals surface area contributed by atoms with E-state index < -0.39 is 9.84 Å². The van der Waals surface area contributed by atoms with Crippen LogP contribution in [-0.2, 0) is 16.9 Å². The van der Waals surface area contributed by atoms with Crippen molar-refractivity contribution in [3.8, 4) is 0 Å². The Bertz CT molecular complexity index is 1260. The normalized spacial score (nSPS) is 10.9. The molecule has 6 heteroatoms. The summed E-state index contributed by atoms with van der Waals surface area (Å²) in [5.74, 6) is 0.451. The number of para-hydroxylation sites is 1. The van der Waals surface area contributed by atoms with Gasteiger partial charge < -0.3 is 4.57 Å². The van der Waals surface area contributed by atoms with E-state index >= 15 is 0 Å². The molecule has 0 fully saturated rings. The van der Waals surface area contributed by atoms with Crippen LogP contribution in [0.3, 0.4) is 0 Å². The van der Waals surface area contributed by atoms with Crippen molar-refractivity contribution >= 4 is 32.5 Å². The largest absolute Gasteiger partial charge is 0.337 e. The summed E-state index contributed by atoms with van der Waals surface area (Å²) in [6, 6.07) is 20.8. The molecule has 0 aliphatic rings. The number of hydrogen-bond acceptors (Lipinski definition) is 4. The minimum absolute atomic E-state index is 0.0633. The van der Waals surface area contributed by atoms with Crippen LogP contribution in [-0.4, -0.2) is 18.0 Å². The number of rotatable bonds is 5. The summed E-state index contributed by atoms with van der Waals surface area (Å²) in [4.78, 5) is 5.43. The lowest BCUT2D eigenvalue weighted by molar-refractivity contribution is 0.589. The minimum Gasteiger partial charge on any atom is -0.337 e. The lowest BCUT2D eigenvalue weighted by atomic mass is 10.0. The zero-order valence-electron chi connectivity index (χ0n) is 20.5. The van der Waals surface area contributed by atoms with Crippen LogP contribution in [0.1, 0.15) is 53.0 Å². The Balaban J connectivity index is 0.000000914. The van der Waals surface area contributed by atoms with Gasteiger partial charge in [0.2, 0.25) is 9.84 Å². The average molecular weight is 483 g/mol. The third kappa shape index (κ3) is 5.68. The molecule has 4 rings (SSSR count). The van der Waals surface area contributed by atoms with Crippen LogP contribution >= 0.6 is 11.8 Å². The van der Waals surface area contributed by atoms with Crippen molar-refractivity contribution in [2.45, 2.75) is 67.3 Å². The standard InChI is InChI=1S/C23H22N2O2S2.2C2H6/c1-16(2)17-11-13-18(14-12-17)28-23-22(19-8-4-5-9-20(19)25(23)3)29(26,27)21-10-6-7-15-24-21;2*1-2/h4-16H,1-3H3;2*1-2H3. The van der Waals surface area contributed by atoms with Crippen LogP contribution < -0.4 is 0 Å². The molecule has 0 aliphatic heterocycles.